The number of hydrogen-bond acceptors (Lipinski definition) is 4. The molecule has 3 rings (SSSR count). The molecule has 0 aromatic carbocycles. The molecule has 1 saturated heterocycles. The maximum atomic E-state index is 6.37. The average molecular weight is 310 g/mol. The Morgan fingerprint density at radius 1 is 1.35 bits per heavy atom. The van der Waals surface area contributed by atoms with Crippen LogP contribution in [-0.4, -0.2) is 27.5 Å². The Morgan fingerprint density at radius 3 is 2.90 bits per heavy atom. The second-order valence-corrected chi connectivity index (χ2v) is 7.13. The Labute approximate surface area is 129 Å². The van der Waals surface area contributed by atoms with Crippen LogP contribution in [0.4, 0.5) is 0 Å². The predicted octanol–water partition coefficient (Wildman–Crippen LogP) is 4.34. The minimum absolute atomic E-state index is 0.610. The molecular formula is C15H20ClN3S. The second-order valence-electron chi connectivity index (χ2n) is 5.57. The van der Waals surface area contributed by atoms with Crippen molar-refractivity contribution in [3.8, 4) is 0 Å². The lowest BCUT2D eigenvalue weighted by molar-refractivity contribution is 0.234. The van der Waals surface area contributed by atoms with Crippen LogP contribution < -0.4 is 0 Å². The zero-order chi connectivity index (χ0) is 14.3. The summed E-state index contributed by atoms with van der Waals surface area (Å²) in [5.41, 5.74) is 1.22. The highest BCUT2D eigenvalue weighted by Gasteiger charge is 2.24. The Bertz CT molecular complexity index is 638. The fourth-order valence-corrected chi connectivity index (χ4v) is 4.49. The third kappa shape index (κ3) is 2.45. The van der Waals surface area contributed by atoms with Gasteiger partial charge >= 0.3 is 0 Å². The first-order valence-corrected chi connectivity index (χ1v) is 8.45. The van der Waals surface area contributed by atoms with E-state index in [1.54, 1.807) is 11.3 Å². The maximum Gasteiger partial charge on any atom is 0.145 e. The van der Waals surface area contributed by atoms with E-state index in [-0.39, 0.29) is 0 Å². The van der Waals surface area contributed by atoms with Gasteiger partial charge in [0.2, 0.25) is 0 Å². The van der Waals surface area contributed by atoms with Gasteiger partial charge in [0.15, 0.2) is 0 Å². The third-order valence-corrected chi connectivity index (χ3v) is 5.72. The van der Waals surface area contributed by atoms with Gasteiger partial charge in [-0.05, 0) is 45.2 Å². The normalized spacial score (nSPS) is 20.1. The van der Waals surface area contributed by atoms with Crippen molar-refractivity contribution >= 4 is 33.2 Å². The molecule has 2 aromatic rings. The largest absolute Gasteiger partial charge is 0.293 e. The summed E-state index contributed by atoms with van der Waals surface area (Å²) in [7, 11) is 0. The molecule has 3 nitrogen and oxygen atoms in total. The first kappa shape index (κ1) is 14.2. The molecule has 20 heavy (non-hydrogen) atoms. The number of likely N-dealkylation sites (tertiary alicyclic amines) is 1. The topological polar surface area (TPSA) is 29.0 Å². The summed E-state index contributed by atoms with van der Waals surface area (Å²) >= 11 is 8.09. The van der Waals surface area contributed by atoms with Crippen LogP contribution in [0.1, 0.15) is 42.5 Å². The minimum Gasteiger partial charge on any atom is -0.293 e. The van der Waals surface area contributed by atoms with Crippen molar-refractivity contribution in [2.75, 3.05) is 6.54 Å². The number of nitrogens with zero attached hydrogens (tertiary/aromatic N) is 3. The quantitative estimate of drug-likeness (QED) is 0.790. The first-order chi connectivity index (χ1) is 9.60. The molecule has 0 spiro atoms. The number of thiophene rings is 1. The lowest BCUT2D eigenvalue weighted by Gasteiger charge is -2.22. The predicted molar refractivity (Wildman–Crippen MR) is 85.6 cm³/mol. The van der Waals surface area contributed by atoms with Crippen LogP contribution in [0.15, 0.2) is 0 Å². The van der Waals surface area contributed by atoms with Crippen LogP contribution in [0, 0.1) is 13.8 Å². The molecule has 1 aliphatic heterocycles. The standard InChI is InChI=1S/C15H20ClN3S/c1-4-11-6-5-7-19(11)8-12-17-14(16)13-9(2)10(3)20-15(13)18-12/h11H,4-8H2,1-3H3. The number of rotatable bonds is 3. The highest BCUT2D eigenvalue weighted by Crippen LogP contribution is 2.33. The van der Waals surface area contributed by atoms with Gasteiger partial charge in [-0.15, -0.1) is 11.3 Å². The second kappa shape index (κ2) is 5.58. The van der Waals surface area contributed by atoms with Gasteiger partial charge in [-0.1, -0.05) is 18.5 Å². The molecule has 1 aliphatic rings. The van der Waals surface area contributed by atoms with E-state index in [2.05, 4.69) is 30.7 Å². The smallest absolute Gasteiger partial charge is 0.145 e. The minimum atomic E-state index is 0.610. The molecule has 1 unspecified atom stereocenters. The van der Waals surface area contributed by atoms with E-state index in [1.165, 1.54) is 29.7 Å². The Kier molecular flexibility index (Phi) is 3.98. The van der Waals surface area contributed by atoms with E-state index < -0.39 is 0 Å². The van der Waals surface area contributed by atoms with Gasteiger partial charge in [-0.2, -0.15) is 0 Å². The van der Waals surface area contributed by atoms with Crippen molar-refractivity contribution in [1.29, 1.82) is 0 Å². The van der Waals surface area contributed by atoms with Crippen LogP contribution in [0.2, 0.25) is 5.15 Å². The lowest BCUT2D eigenvalue weighted by Crippen LogP contribution is -2.29. The van der Waals surface area contributed by atoms with Gasteiger partial charge in [0.25, 0.3) is 0 Å². The molecule has 0 radical (unpaired) electrons. The number of fused-ring (bicyclic) bond motifs is 1. The lowest BCUT2D eigenvalue weighted by atomic mass is 10.2. The van der Waals surface area contributed by atoms with E-state index in [1.807, 2.05) is 0 Å². The summed E-state index contributed by atoms with van der Waals surface area (Å²) in [5, 5.41) is 1.64. The molecule has 0 bridgehead atoms. The SMILES string of the molecule is CCC1CCCN1Cc1nc(Cl)c2c(C)c(C)sc2n1. The van der Waals surface area contributed by atoms with Crippen molar-refractivity contribution in [2.24, 2.45) is 0 Å². The molecule has 108 valence electrons. The molecule has 2 aromatic heterocycles. The van der Waals surface area contributed by atoms with Crippen LogP contribution in [-0.2, 0) is 6.54 Å². The van der Waals surface area contributed by atoms with E-state index >= 15 is 0 Å². The summed E-state index contributed by atoms with van der Waals surface area (Å²) < 4.78 is 0. The Balaban J connectivity index is 1.93. The Morgan fingerprint density at radius 2 is 2.15 bits per heavy atom. The molecule has 0 N–H and O–H groups in total. The monoisotopic (exact) mass is 309 g/mol. The number of aromatic nitrogens is 2. The summed E-state index contributed by atoms with van der Waals surface area (Å²) in [6.45, 7) is 8.44. The molecule has 0 amide bonds. The van der Waals surface area contributed by atoms with Crippen LogP contribution in [0.25, 0.3) is 10.2 Å². The van der Waals surface area contributed by atoms with Crippen molar-refractivity contribution in [1.82, 2.24) is 14.9 Å². The van der Waals surface area contributed by atoms with E-state index in [4.69, 9.17) is 16.6 Å². The molecule has 3 heterocycles. The van der Waals surface area contributed by atoms with Crippen LogP contribution in [0.3, 0.4) is 0 Å². The number of halogens is 1. The van der Waals surface area contributed by atoms with Gasteiger partial charge in [0.1, 0.15) is 15.8 Å². The van der Waals surface area contributed by atoms with Crippen molar-refractivity contribution in [3.05, 3.63) is 21.4 Å². The third-order valence-electron chi connectivity index (χ3n) is 4.35. The molecule has 5 heteroatoms. The van der Waals surface area contributed by atoms with Crippen molar-refractivity contribution in [3.63, 3.8) is 0 Å². The zero-order valence-electron chi connectivity index (χ0n) is 12.2. The van der Waals surface area contributed by atoms with Gasteiger partial charge in [0, 0.05) is 10.9 Å². The average Bonchev–Trinajstić information content (AvgIpc) is 2.95. The van der Waals surface area contributed by atoms with E-state index in [0.29, 0.717) is 11.2 Å². The summed E-state index contributed by atoms with van der Waals surface area (Å²) in [6, 6.07) is 0.680. The Hall–Kier alpha value is -0.710. The van der Waals surface area contributed by atoms with Crippen LogP contribution in [0.5, 0.6) is 0 Å². The fourth-order valence-electron chi connectivity index (χ4n) is 3.06. The fraction of sp³-hybridized carbons (Fsp3) is 0.600. The summed E-state index contributed by atoms with van der Waals surface area (Å²) in [5.74, 6) is 0.865. The van der Waals surface area contributed by atoms with E-state index in [0.717, 1.165) is 29.1 Å². The summed E-state index contributed by atoms with van der Waals surface area (Å²) in [4.78, 5) is 14.1. The van der Waals surface area contributed by atoms with Gasteiger partial charge in [0.05, 0.1) is 11.9 Å². The molecule has 0 saturated carbocycles. The maximum absolute atomic E-state index is 6.37. The van der Waals surface area contributed by atoms with Gasteiger partial charge < -0.3 is 0 Å². The molecule has 1 atom stereocenters. The van der Waals surface area contributed by atoms with Gasteiger partial charge in [-0.3, -0.25) is 4.90 Å². The van der Waals surface area contributed by atoms with Crippen LogP contribution >= 0.6 is 22.9 Å². The highest BCUT2D eigenvalue weighted by atomic mass is 35.5. The first-order valence-electron chi connectivity index (χ1n) is 7.26. The van der Waals surface area contributed by atoms with E-state index in [9.17, 15) is 0 Å². The number of aryl methyl sites for hydroxylation is 2. The molecular weight excluding hydrogens is 290 g/mol. The number of hydrogen-bond donors (Lipinski definition) is 0. The van der Waals surface area contributed by atoms with Crippen molar-refractivity contribution in [2.45, 2.75) is 52.6 Å². The van der Waals surface area contributed by atoms with Gasteiger partial charge in [-0.25, -0.2) is 9.97 Å². The summed E-state index contributed by atoms with van der Waals surface area (Å²) in [6.07, 6.45) is 3.78. The zero-order valence-corrected chi connectivity index (χ0v) is 13.8. The molecule has 0 aliphatic carbocycles. The van der Waals surface area contributed by atoms with Crippen molar-refractivity contribution < 1.29 is 0 Å². The molecule has 1 fully saturated rings. The highest BCUT2D eigenvalue weighted by molar-refractivity contribution is 7.18.